The number of nitrogens with zero attached hydrogens (tertiary/aromatic N) is 2. The van der Waals surface area contributed by atoms with E-state index in [4.69, 9.17) is 4.42 Å². The van der Waals surface area contributed by atoms with Gasteiger partial charge in [-0.15, -0.1) is 0 Å². The Morgan fingerprint density at radius 2 is 2.24 bits per heavy atom. The Morgan fingerprint density at radius 3 is 2.90 bits per heavy atom. The van der Waals surface area contributed by atoms with Crippen LogP contribution >= 0.6 is 0 Å². The standard InChI is InChI=1S/C17H31N3O/c1-13(2)18-10-15-9-17(21-14(15)3)12-20(5)16-7-6-8-19(4)11-16/h9,13,16,18H,6-8,10-12H2,1-5H3. The monoisotopic (exact) mass is 293 g/mol. The molecule has 2 heterocycles. The van der Waals surface area contributed by atoms with Crippen molar-refractivity contribution in [2.45, 2.75) is 58.8 Å². The van der Waals surface area contributed by atoms with Gasteiger partial charge in [0.05, 0.1) is 6.54 Å². The third-order valence-electron chi connectivity index (χ3n) is 4.40. The normalized spacial score (nSPS) is 20.6. The van der Waals surface area contributed by atoms with Crippen molar-refractivity contribution in [1.29, 1.82) is 0 Å². The largest absolute Gasteiger partial charge is 0.465 e. The third-order valence-corrected chi connectivity index (χ3v) is 4.40. The molecule has 0 radical (unpaired) electrons. The molecule has 0 amide bonds. The number of nitrogens with one attached hydrogen (secondary N) is 1. The Bertz CT molecular complexity index is 441. The van der Waals surface area contributed by atoms with E-state index >= 15 is 0 Å². The summed E-state index contributed by atoms with van der Waals surface area (Å²) in [6.07, 6.45) is 2.59. The Balaban J connectivity index is 1.91. The fourth-order valence-corrected chi connectivity index (χ4v) is 3.03. The Kier molecular flexibility index (Phi) is 5.85. The zero-order valence-corrected chi connectivity index (χ0v) is 14.3. The minimum Gasteiger partial charge on any atom is -0.465 e. The van der Waals surface area contributed by atoms with Gasteiger partial charge in [-0.1, -0.05) is 13.8 Å². The molecule has 1 saturated heterocycles. The molecule has 0 saturated carbocycles. The average molecular weight is 293 g/mol. The molecule has 1 aliphatic heterocycles. The van der Waals surface area contributed by atoms with Gasteiger partial charge < -0.3 is 14.6 Å². The van der Waals surface area contributed by atoms with Gasteiger partial charge in [-0.2, -0.15) is 0 Å². The van der Waals surface area contributed by atoms with Gasteiger partial charge in [0.1, 0.15) is 11.5 Å². The maximum atomic E-state index is 5.94. The highest BCUT2D eigenvalue weighted by Crippen LogP contribution is 2.19. The lowest BCUT2D eigenvalue weighted by atomic mass is 10.1. The highest BCUT2D eigenvalue weighted by Gasteiger charge is 2.22. The molecule has 1 unspecified atom stereocenters. The number of hydrogen-bond donors (Lipinski definition) is 1. The van der Waals surface area contributed by atoms with Gasteiger partial charge in [0.25, 0.3) is 0 Å². The minimum absolute atomic E-state index is 0.503. The first-order chi connectivity index (χ1) is 9.95. The van der Waals surface area contributed by atoms with Crippen LogP contribution in [0.2, 0.25) is 0 Å². The number of hydrogen-bond acceptors (Lipinski definition) is 4. The lowest BCUT2D eigenvalue weighted by Gasteiger charge is -2.35. The summed E-state index contributed by atoms with van der Waals surface area (Å²) in [6, 6.07) is 3.36. The first-order valence-electron chi connectivity index (χ1n) is 8.16. The molecule has 1 aliphatic rings. The number of rotatable bonds is 6. The van der Waals surface area contributed by atoms with Crippen LogP contribution in [-0.2, 0) is 13.1 Å². The van der Waals surface area contributed by atoms with Crippen molar-refractivity contribution in [1.82, 2.24) is 15.1 Å². The first kappa shape index (κ1) is 16.5. The second-order valence-electron chi connectivity index (χ2n) is 6.80. The molecular formula is C17H31N3O. The van der Waals surface area contributed by atoms with E-state index in [1.807, 2.05) is 0 Å². The maximum Gasteiger partial charge on any atom is 0.118 e. The molecule has 0 aromatic carbocycles. The summed E-state index contributed by atoms with van der Waals surface area (Å²) in [4.78, 5) is 4.86. The number of likely N-dealkylation sites (tertiary alicyclic amines) is 1. The van der Waals surface area contributed by atoms with E-state index in [0.717, 1.165) is 31.2 Å². The van der Waals surface area contributed by atoms with Crippen molar-refractivity contribution in [3.8, 4) is 0 Å². The van der Waals surface area contributed by atoms with E-state index in [0.29, 0.717) is 12.1 Å². The van der Waals surface area contributed by atoms with Crippen LogP contribution in [-0.4, -0.2) is 49.1 Å². The van der Waals surface area contributed by atoms with Gasteiger partial charge in [-0.25, -0.2) is 0 Å². The lowest BCUT2D eigenvalue weighted by Crippen LogP contribution is -2.44. The lowest BCUT2D eigenvalue weighted by molar-refractivity contribution is 0.123. The van der Waals surface area contributed by atoms with Crippen LogP contribution < -0.4 is 5.32 Å². The molecule has 21 heavy (non-hydrogen) atoms. The first-order valence-corrected chi connectivity index (χ1v) is 8.16. The molecule has 4 heteroatoms. The quantitative estimate of drug-likeness (QED) is 0.874. The fourth-order valence-electron chi connectivity index (χ4n) is 3.03. The van der Waals surface area contributed by atoms with Crippen molar-refractivity contribution in [3.63, 3.8) is 0 Å². The molecule has 120 valence electrons. The molecule has 0 spiro atoms. The summed E-state index contributed by atoms with van der Waals surface area (Å²) in [7, 11) is 4.43. The van der Waals surface area contributed by atoms with Crippen molar-refractivity contribution < 1.29 is 4.42 Å². The molecule has 4 nitrogen and oxygen atoms in total. The molecular weight excluding hydrogens is 262 g/mol. The van der Waals surface area contributed by atoms with Gasteiger partial charge in [0, 0.05) is 30.7 Å². The summed E-state index contributed by atoms with van der Waals surface area (Å²) in [5, 5.41) is 3.46. The summed E-state index contributed by atoms with van der Waals surface area (Å²) in [5.41, 5.74) is 1.29. The van der Waals surface area contributed by atoms with Crippen LogP contribution in [0.1, 0.15) is 43.8 Å². The van der Waals surface area contributed by atoms with E-state index in [-0.39, 0.29) is 0 Å². The molecule has 0 bridgehead atoms. The van der Waals surface area contributed by atoms with Gasteiger partial charge in [-0.3, -0.25) is 4.90 Å². The molecule has 1 fully saturated rings. The molecule has 1 aromatic rings. The van der Waals surface area contributed by atoms with E-state index in [1.165, 1.54) is 24.9 Å². The highest BCUT2D eigenvalue weighted by molar-refractivity contribution is 5.20. The Hall–Kier alpha value is -0.840. The second-order valence-corrected chi connectivity index (χ2v) is 6.80. The van der Waals surface area contributed by atoms with Crippen molar-refractivity contribution in [2.75, 3.05) is 27.2 Å². The molecule has 0 aliphatic carbocycles. The predicted octanol–water partition coefficient (Wildman–Crippen LogP) is 2.61. The fraction of sp³-hybridized carbons (Fsp3) is 0.765. The number of likely N-dealkylation sites (N-methyl/N-ethyl adjacent to an activating group) is 2. The van der Waals surface area contributed by atoms with Gasteiger partial charge in [-0.05, 0) is 46.5 Å². The number of furan rings is 1. The summed E-state index contributed by atoms with van der Waals surface area (Å²) >= 11 is 0. The van der Waals surface area contributed by atoms with Gasteiger partial charge >= 0.3 is 0 Å². The van der Waals surface area contributed by atoms with Crippen LogP contribution in [0.3, 0.4) is 0 Å². The molecule has 1 aromatic heterocycles. The highest BCUT2D eigenvalue weighted by atomic mass is 16.3. The maximum absolute atomic E-state index is 5.94. The van der Waals surface area contributed by atoms with Gasteiger partial charge in [0.15, 0.2) is 0 Å². The van der Waals surface area contributed by atoms with Crippen LogP contribution in [0, 0.1) is 6.92 Å². The Morgan fingerprint density at radius 1 is 1.48 bits per heavy atom. The van der Waals surface area contributed by atoms with Crippen molar-refractivity contribution >= 4 is 0 Å². The van der Waals surface area contributed by atoms with Crippen LogP contribution in [0.25, 0.3) is 0 Å². The van der Waals surface area contributed by atoms with E-state index in [2.05, 4.69) is 56.0 Å². The summed E-state index contributed by atoms with van der Waals surface area (Å²) < 4.78 is 5.94. The molecule has 2 rings (SSSR count). The van der Waals surface area contributed by atoms with Crippen LogP contribution in [0.15, 0.2) is 10.5 Å². The predicted molar refractivity (Wildman–Crippen MR) is 87.4 cm³/mol. The van der Waals surface area contributed by atoms with Crippen LogP contribution in [0.4, 0.5) is 0 Å². The molecule has 1 atom stereocenters. The van der Waals surface area contributed by atoms with E-state index in [9.17, 15) is 0 Å². The smallest absolute Gasteiger partial charge is 0.118 e. The van der Waals surface area contributed by atoms with Crippen LogP contribution in [0.5, 0.6) is 0 Å². The second kappa shape index (κ2) is 7.43. The third kappa shape index (κ3) is 4.83. The Labute approximate surface area is 129 Å². The zero-order chi connectivity index (χ0) is 15.4. The summed E-state index contributed by atoms with van der Waals surface area (Å²) in [5.74, 6) is 2.14. The number of aryl methyl sites for hydroxylation is 1. The average Bonchev–Trinajstić information content (AvgIpc) is 2.76. The SMILES string of the molecule is Cc1oc(CN(C)C2CCCN(C)C2)cc1CNC(C)C. The van der Waals surface area contributed by atoms with Crippen molar-refractivity contribution in [2.24, 2.45) is 0 Å². The van der Waals surface area contributed by atoms with Gasteiger partial charge in [0.2, 0.25) is 0 Å². The van der Waals surface area contributed by atoms with E-state index < -0.39 is 0 Å². The molecule has 1 N–H and O–H groups in total. The van der Waals surface area contributed by atoms with E-state index in [1.54, 1.807) is 0 Å². The summed E-state index contributed by atoms with van der Waals surface area (Å²) in [6.45, 7) is 10.6. The minimum atomic E-state index is 0.503. The number of piperidine rings is 1. The van der Waals surface area contributed by atoms with Crippen molar-refractivity contribution in [3.05, 3.63) is 23.2 Å². The topological polar surface area (TPSA) is 31.7 Å². The zero-order valence-electron chi connectivity index (χ0n) is 14.3.